The minimum atomic E-state index is -4.05. The van der Waals surface area contributed by atoms with Gasteiger partial charge in [0.05, 0.1) is 4.90 Å². The predicted molar refractivity (Wildman–Crippen MR) is 103 cm³/mol. The van der Waals surface area contributed by atoms with Crippen molar-refractivity contribution < 1.29 is 22.7 Å². The van der Waals surface area contributed by atoms with Gasteiger partial charge in [-0.15, -0.1) is 10.2 Å². The average molecular weight is 415 g/mol. The molecule has 0 saturated heterocycles. The van der Waals surface area contributed by atoms with Crippen molar-refractivity contribution in [3.8, 4) is 11.4 Å². The first kappa shape index (κ1) is 19.0. The molecule has 0 aliphatic carbocycles. The van der Waals surface area contributed by atoms with Crippen LogP contribution in [-0.2, 0) is 14.8 Å². The first-order chi connectivity index (χ1) is 13.8. The lowest BCUT2D eigenvalue weighted by molar-refractivity contribution is -0.140. The molecule has 0 aliphatic heterocycles. The molecule has 4 aromatic rings. The largest absolute Gasteiger partial charge is 0.480 e. The van der Waals surface area contributed by atoms with Gasteiger partial charge in [0, 0.05) is 22.4 Å². The van der Waals surface area contributed by atoms with Crippen molar-refractivity contribution in [2.75, 3.05) is 0 Å². The van der Waals surface area contributed by atoms with Crippen LogP contribution >= 0.6 is 0 Å². The fourth-order valence-electron chi connectivity index (χ4n) is 3.05. The second kappa shape index (κ2) is 6.94. The van der Waals surface area contributed by atoms with Gasteiger partial charge in [-0.25, -0.2) is 8.42 Å². The molecule has 10 nitrogen and oxygen atoms in total. The number of rotatable bonds is 6. The van der Waals surface area contributed by atoms with Gasteiger partial charge in [-0.1, -0.05) is 13.8 Å². The maximum absolute atomic E-state index is 12.7. The molecule has 150 valence electrons. The van der Waals surface area contributed by atoms with Gasteiger partial charge < -0.3 is 9.52 Å². The summed E-state index contributed by atoms with van der Waals surface area (Å²) in [5, 5.41) is 24.6. The van der Waals surface area contributed by atoms with E-state index in [-0.39, 0.29) is 4.90 Å². The normalized spacial score (nSPS) is 13.3. The van der Waals surface area contributed by atoms with Gasteiger partial charge in [-0.2, -0.15) is 9.94 Å². The summed E-state index contributed by atoms with van der Waals surface area (Å²) in [6.45, 7) is 3.26. The number of tetrazole rings is 1. The van der Waals surface area contributed by atoms with Crippen LogP contribution < -0.4 is 4.72 Å². The van der Waals surface area contributed by atoms with Crippen molar-refractivity contribution >= 4 is 37.9 Å². The van der Waals surface area contributed by atoms with E-state index in [0.29, 0.717) is 22.4 Å². The van der Waals surface area contributed by atoms with Gasteiger partial charge in [0.1, 0.15) is 17.2 Å². The number of aromatic nitrogens is 4. The summed E-state index contributed by atoms with van der Waals surface area (Å²) in [4.78, 5) is 11.3. The summed E-state index contributed by atoms with van der Waals surface area (Å²) >= 11 is 0. The molecule has 0 spiro atoms. The van der Waals surface area contributed by atoms with E-state index in [4.69, 9.17) is 4.42 Å². The topological polar surface area (TPSA) is 151 Å². The summed E-state index contributed by atoms with van der Waals surface area (Å²) in [6, 6.07) is 8.54. The number of aliphatic carboxylic acids is 1. The summed E-state index contributed by atoms with van der Waals surface area (Å²) in [7, 11) is -4.05. The average Bonchev–Trinajstić information content (AvgIpc) is 3.32. The van der Waals surface area contributed by atoms with Gasteiger partial charge >= 0.3 is 5.97 Å². The molecule has 1 atom stereocenters. The number of nitrogens with zero attached hydrogens (tertiary/aromatic N) is 3. The molecule has 0 bridgehead atoms. The second-order valence-electron chi connectivity index (χ2n) is 6.89. The number of hydrogen-bond acceptors (Lipinski definition) is 7. The lowest BCUT2D eigenvalue weighted by atomic mass is 10.1. The van der Waals surface area contributed by atoms with Crippen LogP contribution in [0.25, 0.3) is 33.3 Å². The zero-order chi connectivity index (χ0) is 20.8. The number of carboxylic acids is 1. The molecule has 0 radical (unpaired) electrons. The quantitative estimate of drug-likeness (QED) is 0.433. The molecule has 29 heavy (non-hydrogen) atoms. The second-order valence-corrected chi connectivity index (χ2v) is 8.60. The third kappa shape index (κ3) is 3.45. The molecule has 0 fully saturated rings. The monoisotopic (exact) mass is 415 g/mol. The van der Waals surface area contributed by atoms with Crippen LogP contribution in [0.15, 0.2) is 45.7 Å². The molecule has 0 unspecified atom stereocenters. The van der Waals surface area contributed by atoms with Crippen molar-refractivity contribution in [2.24, 2.45) is 5.92 Å². The zero-order valence-electron chi connectivity index (χ0n) is 15.4. The maximum Gasteiger partial charge on any atom is 0.322 e. The molecule has 2 aromatic heterocycles. The Morgan fingerprint density at radius 2 is 1.93 bits per heavy atom. The fraction of sp³-hybridized carbons (Fsp3) is 0.222. The highest BCUT2D eigenvalue weighted by Gasteiger charge is 2.28. The van der Waals surface area contributed by atoms with Gasteiger partial charge in [-0.3, -0.25) is 4.79 Å². The Kier molecular flexibility index (Phi) is 4.55. The lowest BCUT2D eigenvalue weighted by Crippen LogP contribution is -2.44. The van der Waals surface area contributed by atoms with Gasteiger partial charge in [0.2, 0.25) is 15.8 Å². The summed E-state index contributed by atoms with van der Waals surface area (Å²) in [5.41, 5.74) is 1.67. The van der Waals surface area contributed by atoms with Crippen LogP contribution in [0.5, 0.6) is 0 Å². The van der Waals surface area contributed by atoms with E-state index >= 15 is 0 Å². The minimum absolute atomic E-state index is 0.0747. The van der Waals surface area contributed by atoms with Crippen LogP contribution in [0.4, 0.5) is 0 Å². The minimum Gasteiger partial charge on any atom is -0.480 e. The van der Waals surface area contributed by atoms with Gasteiger partial charge in [-0.05, 0) is 41.5 Å². The maximum atomic E-state index is 12.7. The highest BCUT2D eigenvalue weighted by Crippen LogP contribution is 2.32. The van der Waals surface area contributed by atoms with Crippen molar-refractivity contribution in [2.45, 2.75) is 24.8 Å². The van der Waals surface area contributed by atoms with Crippen LogP contribution in [0.3, 0.4) is 0 Å². The van der Waals surface area contributed by atoms with E-state index in [1.807, 2.05) is 6.07 Å². The molecular weight excluding hydrogens is 398 g/mol. The van der Waals surface area contributed by atoms with Crippen molar-refractivity contribution in [1.29, 1.82) is 0 Å². The predicted octanol–water partition coefficient (Wildman–Crippen LogP) is 2.15. The first-order valence-electron chi connectivity index (χ1n) is 8.71. The molecule has 0 amide bonds. The third-order valence-electron chi connectivity index (χ3n) is 4.57. The Morgan fingerprint density at radius 3 is 2.59 bits per heavy atom. The standard InChI is InChI=1S/C18H17N5O5S/c1-9(2)16(18(24)25)21-29(26,27)11-4-5-12-13-7-10(17-19-22-23-20-17)3-6-14(13)28-15(12)8-11/h3-9,16,21H,1-2H3,(H,24,25)(H,19,20,22,23)/t16-/m0/s1. The third-order valence-corrected chi connectivity index (χ3v) is 6.01. The molecule has 2 heterocycles. The Morgan fingerprint density at radius 1 is 1.14 bits per heavy atom. The van der Waals surface area contributed by atoms with Gasteiger partial charge in [0.15, 0.2) is 0 Å². The van der Waals surface area contributed by atoms with E-state index in [1.165, 1.54) is 12.1 Å². The number of carbonyl (C=O) groups is 1. The van der Waals surface area contributed by atoms with E-state index in [0.717, 1.165) is 10.9 Å². The van der Waals surface area contributed by atoms with Crippen molar-refractivity contribution in [3.05, 3.63) is 36.4 Å². The molecular formula is C18H17N5O5S. The molecule has 0 saturated carbocycles. The van der Waals surface area contributed by atoms with Crippen LogP contribution in [0.2, 0.25) is 0 Å². The summed E-state index contributed by atoms with van der Waals surface area (Å²) in [6.07, 6.45) is 0. The van der Waals surface area contributed by atoms with Crippen LogP contribution in [-0.4, -0.2) is 46.2 Å². The fourth-order valence-corrected chi connectivity index (χ4v) is 4.41. The highest BCUT2D eigenvalue weighted by atomic mass is 32.2. The number of fused-ring (bicyclic) bond motifs is 3. The van der Waals surface area contributed by atoms with Crippen LogP contribution in [0.1, 0.15) is 13.8 Å². The first-order valence-corrected chi connectivity index (χ1v) is 10.2. The Balaban J connectivity index is 1.76. The Labute approximate surface area is 165 Å². The summed E-state index contributed by atoms with van der Waals surface area (Å²) < 4.78 is 33.4. The van der Waals surface area contributed by atoms with Gasteiger partial charge in [0.25, 0.3) is 0 Å². The number of nitrogens with one attached hydrogen (secondary N) is 2. The lowest BCUT2D eigenvalue weighted by Gasteiger charge is -2.17. The number of furan rings is 1. The van der Waals surface area contributed by atoms with E-state index in [9.17, 15) is 18.3 Å². The number of sulfonamides is 1. The molecule has 11 heteroatoms. The number of H-pyrrole nitrogens is 1. The van der Waals surface area contributed by atoms with E-state index < -0.39 is 28.0 Å². The van der Waals surface area contributed by atoms with E-state index in [2.05, 4.69) is 25.3 Å². The SMILES string of the molecule is CC(C)[C@H](NS(=O)(=O)c1ccc2c(c1)oc1ccc(-c3nn[nH]n3)cc12)C(=O)O. The van der Waals surface area contributed by atoms with E-state index in [1.54, 1.807) is 32.0 Å². The number of hydrogen-bond donors (Lipinski definition) is 3. The molecule has 3 N–H and O–H groups in total. The summed E-state index contributed by atoms with van der Waals surface area (Å²) in [5.74, 6) is -1.22. The Bertz CT molecular complexity index is 1310. The van der Waals surface area contributed by atoms with Crippen LogP contribution in [0, 0.1) is 5.92 Å². The number of carboxylic acid groups (broad SMARTS) is 1. The molecule has 4 rings (SSSR count). The zero-order valence-corrected chi connectivity index (χ0v) is 16.3. The smallest absolute Gasteiger partial charge is 0.322 e. The van der Waals surface area contributed by atoms with Crippen molar-refractivity contribution in [1.82, 2.24) is 25.3 Å². The highest BCUT2D eigenvalue weighted by molar-refractivity contribution is 7.89. The molecule has 0 aliphatic rings. The Hall–Kier alpha value is -3.31. The van der Waals surface area contributed by atoms with Crippen molar-refractivity contribution in [3.63, 3.8) is 0 Å². The number of aromatic amines is 1. The molecule has 2 aromatic carbocycles. The number of benzene rings is 2.